The second-order valence-corrected chi connectivity index (χ2v) is 17.1. The van der Waals surface area contributed by atoms with Crippen LogP contribution in [-0.2, 0) is 0 Å². The van der Waals surface area contributed by atoms with Gasteiger partial charge in [0.2, 0.25) is 0 Å². The lowest BCUT2D eigenvalue weighted by Crippen LogP contribution is -2.62. The molecule has 7 atom stereocenters. The summed E-state index contributed by atoms with van der Waals surface area (Å²) < 4.78 is 8.34. The predicted molar refractivity (Wildman–Crippen MR) is 136 cm³/mol. The Morgan fingerprint density at radius 2 is 1.42 bits per heavy atom. The molecule has 0 aromatic heterocycles. The van der Waals surface area contributed by atoms with Gasteiger partial charge in [-0.05, 0) is 98.9 Å². The first-order valence-electron chi connectivity index (χ1n) is 13.0. The van der Waals surface area contributed by atoms with E-state index in [9.17, 15) is 0 Å². The molecule has 3 aliphatic carbocycles. The van der Waals surface area contributed by atoms with Gasteiger partial charge in [0.25, 0.3) is 0 Å². The first-order chi connectivity index (χ1) is 14.6. The van der Waals surface area contributed by atoms with Crippen LogP contribution in [0.5, 0.6) is 5.75 Å². The lowest BCUT2D eigenvalue weighted by atomic mass is 9.63. The minimum absolute atomic E-state index is 0.118. The van der Waals surface area contributed by atoms with Crippen molar-refractivity contribution in [2.45, 2.75) is 97.3 Å². The Kier molecular flexibility index (Phi) is 6.31. The van der Waals surface area contributed by atoms with Crippen LogP contribution in [0.2, 0.25) is 18.6 Å². The van der Waals surface area contributed by atoms with Crippen molar-refractivity contribution in [3.05, 3.63) is 24.3 Å². The van der Waals surface area contributed by atoms with Crippen molar-refractivity contribution >= 4 is 13.9 Å². The average Bonchev–Trinajstić information content (AvgIpc) is 2.96. The number of rotatable bonds is 4. The summed E-state index contributed by atoms with van der Waals surface area (Å²) in [5, 5.41) is 0. The number of methoxy groups -OCH3 is 1. The van der Waals surface area contributed by atoms with Crippen LogP contribution in [0.3, 0.4) is 0 Å². The molecule has 3 heteroatoms. The second kappa shape index (κ2) is 8.43. The summed E-state index contributed by atoms with van der Waals surface area (Å²) in [6.45, 7) is 17.8. The molecular formula is C28H47NOSi. The molecule has 0 N–H and O–H groups in total. The third-order valence-electron chi connectivity index (χ3n) is 9.69. The topological polar surface area (TPSA) is 12.5 Å². The molecule has 7 unspecified atom stereocenters. The summed E-state index contributed by atoms with van der Waals surface area (Å²) >= 11 is 0. The van der Waals surface area contributed by atoms with Crippen molar-refractivity contribution in [3.63, 3.8) is 0 Å². The highest BCUT2D eigenvalue weighted by Gasteiger charge is 2.58. The van der Waals surface area contributed by atoms with Gasteiger partial charge in [-0.2, -0.15) is 0 Å². The molecule has 3 aliphatic rings. The predicted octanol–water partition coefficient (Wildman–Crippen LogP) is 7.99. The molecule has 1 aromatic carbocycles. The number of fused-ring (bicyclic) bond motifs is 2. The van der Waals surface area contributed by atoms with E-state index in [1.165, 1.54) is 44.2 Å². The lowest BCUT2D eigenvalue weighted by Gasteiger charge is -2.54. The first kappa shape index (κ1) is 23.2. The standard InChI is InChI=1S/C28H47NOSi/c1-19-20(2)27(26-18-22-12-10-9-11-21(22)17-25(19)26)31(7,8)29(28(3,4)5)23-13-15-24(30-6)16-14-23/h13-16,19-22,25-27H,9-12,17-18H2,1-8H3. The smallest absolute Gasteiger partial charge is 0.154 e. The van der Waals surface area contributed by atoms with Gasteiger partial charge in [0.15, 0.2) is 8.24 Å². The number of benzene rings is 1. The fraction of sp³-hybridized carbons (Fsp3) is 0.786. The van der Waals surface area contributed by atoms with Crippen LogP contribution in [0.15, 0.2) is 24.3 Å². The molecule has 31 heavy (non-hydrogen) atoms. The van der Waals surface area contributed by atoms with E-state index in [1.54, 1.807) is 7.11 Å². The van der Waals surface area contributed by atoms with Gasteiger partial charge in [0, 0.05) is 11.2 Å². The van der Waals surface area contributed by atoms with Crippen molar-refractivity contribution in [2.24, 2.45) is 35.5 Å². The fourth-order valence-electron chi connectivity index (χ4n) is 8.71. The number of ether oxygens (including phenoxy) is 1. The van der Waals surface area contributed by atoms with E-state index in [2.05, 4.69) is 76.5 Å². The zero-order valence-electron chi connectivity index (χ0n) is 21.4. The van der Waals surface area contributed by atoms with Crippen molar-refractivity contribution in [1.82, 2.24) is 0 Å². The van der Waals surface area contributed by atoms with Gasteiger partial charge in [-0.15, -0.1) is 0 Å². The van der Waals surface area contributed by atoms with Crippen LogP contribution in [0.1, 0.15) is 73.1 Å². The highest BCUT2D eigenvalue weighted by molar-refractivity contribution is 6.82. The normalized spacial score (nSPS) is 35.9. The molecule has 0 saturated heterocycles. The molecule has 174 valence electrons. The maximum Gasteiger partial charge on any atom is 0.154 e. The van der Waals surface area contributed by atoms with Gasteiger partial charge in [-0.3, -0.25) is 0 Å². The summed E-state index contributed by atoms with van der Waals surface area (Å²) in [4.78, 5) is 0. The molecule has 1 aromatic rings. The highest BCUT2D eigenvalue weighted by Crippen LogP contribution is 2.63. The van der Waals surface area contributed by atoms with E-state index in [1.807, 2.05) is 0 Å². The number of hydrogen-bond donors (Lipinski definition) is 0. The Morgan fingerprint density at radius 3 is 1.94 bits per heavy atom. The largest absolute Gasteiger partial charge is 0.497 e. The van der Waals surface area contributed by atoms with Crippen molar-refractivity contribution < 1.29 is 4.74 Å². The molecule has 0 aliphatic heterocycles. The summed E-state index contributed by atoms with van der Waals surface area (Å²) in [7, 11) is -0.0182. The van der Waals surface area contributed by atoms with Gasteiger partial charge in [-0.25, -0.2) is 0 Å². The third-order valence-corrected chi connectivity index (χ3v) is 14.4. The van der Waals surface area contributed by atoms with Crippen LogP contribution >= 0.6 is 0 Å². The number of hydrogen-bond acceptors (Lipinski definition) is 2. The molecule has 3 fully saturated rings. The molecule has 0 amide bonds. The Hall–Kier alpha value is -0.963. The number of anilines is 1. The maximum atomic E-state index is 5.46. The SMILES string of the molecule is COc1ccc(N(C(C)(C)C)[Si](C)(C)C2C(C)C(C)C3CC4CCCCC4CC32)cc1. The van der Waals surface area contributed by atoms with Crippen molar-refractivity contribution in [2.75, 3.05) is 11.7 Å². The molecule has 3 saturated carbocycles. The average molecular weight is 442 g/mol. The van der Waals surface area contributed by atoms with Crippen LogP contribution in [0, 0.1) is 35.5 Å². The van der Waals surface area contributed by atoms with E-state index < -0.39 is 8.24 Å². The van der Waals surface area contributed by atoms with Gasteiger partial charge in [-0.1, -0.05) is 52.6 Å². The zero-order chi connectivity index (χ0) is 22.6. The molecule has 2 nitrogen and oxygen atoms in total. The van der Waals surface area contributed by atoms with Gasteiger partial charge < -0.3 is 9.30 Å². The quantitative estimate of drug-likeness (QED) is 0.439. The molecule has 0 heterocycles. The monoisotopic (exact) mass is 441 g/mol. The number of nitrogens with zero attached hydrogens (tertiary/aromatic N) is 1. The summed E-state index contributed by atoms with van der Waals surface area (Å²) in [6, 6.07) is 8.90. The summed E-state index contributed by atoms with van der Waals surface area (Å²) in [5.74, 6) is 6.62. The van der Waals surface area contributed by atoms with Crippen molar-refractivity contribution in [3.8, 4) is 5.75 Å². The van der Waals surface area contributed by atoms with Crippen LogP contribution in [0.4, 0.5) is 5.69 Å². The van der Waals surface area contributed by atoms with E-state index in [0.29, 0.717) is 0 Å². The van der Waals surface area contributed by atoms with Crippen LogP contribution in [0.25, 0.3) is 0 Å². The van der Waals surface area contributed by atoms with Gasteiger partial charge in [0.05, 0.1) is 7.11 Å². The van der Waals surface area contributed by atoms with Crippen LogP contribution < -0.4 is 9.30 Å². The minimum atomic E-state index is -1.78. The molecule has 0 radical (unpaired) electrons. The van der Waals surface area contributed by atoms with E-state index in [4.69, 9.17) is 4.74 Å². The Bertz CT molecular complexity index is 751. The Balaban J connectivity index is 1.70. The second-order valence-electron chi connectivity index (χ2n) is 12.7. The van der Waals surface area contributed by atoms with Crippen LogP contribution in [-0.4, -0.2) is 20.9 Å². The summed E-state index contributed by atoms with van der Waals surface area (Å²) in [5.41, 5.74) is 2.38. The van der Waals surface area contributed by atoms with E-state index in [-0.39, 0.29) is 5.54 Å². The molecular weight excluding hydrogens is 394 g/mol. The zero-order valence-corrected chi connectivity index (χ0v) is 22.4. The lowest BCUT2D eigenvalue weighted by molar-refractivity contribution is 0.0788. The van der Waals surface area contributed by atoms with Gasteiger partial charge >= 0.3 is 0 Å². The highest BCUT2D eigenvalue weighted by atomic mass is 28.3. The van der Waals surface area contributed by atoms with E-state index in [0.717, 1.165) is 46.8 Å². The van der Waals surface area contributed by atoms with Gasteiger partial charge in [0.1, 0.15) is 5.75 Å². The molecule has 0 spiro atoms. The third kappa shape index (κ3) is 4.09. The maximum absolute atomic E-state index is 5.46. The van der Waals surface area contributed by atoms with Crippen molar-refractivity contribution in [1.29, 1.82) is 0 Å². The fourth-order valence-corrected chi connectivity index (χ4v) is 14.6. The Labute approximate surface area is 193 Å². The minimum Gasteiger partial charge on any atom is -0.497 e. The molecule has 0 bridgehead atoms. The summed E-state index contributed by atoms with van der Waals surface area (Å²) in [6.07, 6.45) is 9.04. The Morgan fingerprint density at radius 1 is 0.871 bits per heavy atom. The molecule has 4 rings (SSSR count). The first-order valence-corrected chi connectivity index (χ1v) is 16.0. The van der Waals surface area contributed by atoms with E-state index >= 15 is 0 Å².